The molecule has 2 amide bonds. The Bertz CT molecular complexity index is 688. The van der Waals surface area contributed by atoms with E-state index in [0.29, 0.717) is 12.4 Å². The van der Waals surface area contributed by atoms with Crippen molar-refractivity contribution in [3.8, 4) is 0 Å². The topological polar surface area (TPSA) is 75.1 Å². The summed E-state index contributed by atoms with van der Waals surface area (Å²) in [7, 11) is 1.79. The van der Waals surface area contributed by atoms with E-state index in [4.69, 9.17) is 11.6 Å². The summed E-state index contributed by atoms with van der Waals surface area (Å²) in [4.78, 5) is 18.3. The van der Waals surface area contributed by atoms with Gasteiger partial charge in [-0.1, -0.05) is 17.7 Å². The molecule has 2 aromatic rings. The molecular weight excluding hydrogens is 316 g/mol. The highest BCUT2D eigenvalue weighted by molar-refractivity contribution is 6.30. The van der Waals surface area contributed by atoms with Gasteiger partial charge in [0.15, 0.2) is 0 Å². The Morgan fingerprint density at radius 1 is 1.48 bits per heavy atom. The fourth-order valence-corrected chi connectivity index (χ4v) is 2.85. The van der Waals surface area contributed by atoms with Crippen LogP contribution in [0.1, 0.15) is 12.2 Å². The number of aryl methyl sites for hydroxylation is 1. The largest absolute Gasteiger partial charge is 0.369 e. The van der Waals surface area contributed by atoms with Gasteiger partial charge in [0.05, 0.1) is 6.54 Å². The van der Waals surface area contributed by atoms with Crippen LogP contribution in [0, 0.1) is 0 Å². The molecule has 0 unspecified atom stereocenters. The van der Waals surface area contributed by atoms with E-state index in [1.807, 2.05) is 24.3 Å². The third-order valence-electron chi connectivity index (χ3n) is 3.91. The normalized spacial score (nSPS) is 17.3. The lowest BCUT2D eigenvalue weighted by Gasteiger charge is -2.19. The van der Waals surface area contributed by atoms with Crippen LogP contribution in [-0.2, 0) is 13.6 Å². The van der Waals surface area contributed by atoms with E-state index in [1.54, 1.807) is 11.7 Å². The van der Waals surface area contributed by atoms with Crippen molar-refractivity contribution >= 4 is 23.3 Å². The van der Waals surface area contributed by atoms with Gasteiger partial charge < -0.3 is 15.5 Å². The summed E-state index contributed by atoms with van der Waals surface area (Å²) < 4.78 is 1.64. The zero-order valence-corrected chi connectivity index (χ0v) is 13.6. The molecule has 0 radical (unpaired) electrons. The first kappa shape index (κ1) is 15.6. The van der Waals surface area contributed by atoms with Crippen molar-refractivity contribution in [2.24, 2.45) is 7.05 Å². The van der Waals surface area contributed by atoms with Crippen LogP contribution in [0.15, 0.2) is 30.6 Å². The predicted molar refractivity (Wildman–Crippen MR) is 88.4 cm³/mol. The van der Waals surface area contributed by atoms with Gasteiger partial charge in [0.1, 0.15) is 12.2 Å². The highest BCUT2D eigenvalue weighted by Gasteiger charge is 2.24. The van der Waals surface area contributed by atoms with Crippen LogP contribution in [0.25, 0.3) is 0 Å². The third kappa shape index (κ3) is 3.92. The van der Waals surface area contributed by atoms with Gasteiger partial charge in [-0.05, 0) is 24.6 Å². The molecule has 1 aliphatic heterocycles. The number of hydrogen-bond acceptors (Lipinski definition) is 4. The van der Waals surface area contributed by atoms with E-state index >= 15 is 0 Å². The molecule has 7 nitrogen and oxygen atoms in total. The lowest BCUT2D eigenvalue weighted by molar-refractivity contribution is 0.237. The van der Waals surface area contributed by atoms with E-state index in [0.717, 1.165) is 30.2 Å². The fourth-order valence-electron chi connectivity index (χ4n) is 2.66. The molecule has 0 aliphatic carbocycles. The van der Waals surface area contributed by atoms with Gasteiger partial charge in [-0.2, -0.15) is 5.10 Å². The summed E-state index contributed by atoms with van der Waals surface area (Å²) >= 11 is 6.03. The second kappa shape index (κ2) is 6.87. The summed E-state index contributed by atoms with van der Waals surface area (Å²) in [6, 6.07) is 7.70. The number of benzene rings is 1. The van der Waals surface area contributed by atoms with Crippen molar-refractivity contribution in [3.63, 3.8) is 0 Å². The average Bonchev–Trinajstić information content (AvgIpc) is 3.14. The minimum Gasteiger partial charge on any atom is -0.369 e. The van der Waals surface area contributed by atoms with Crippen molar-refractivity contribution < 1.29 is 4.79 Å². The quantitative estimate of drug-likeness (QED) is 0.889. The third-order valence-corrected chi connectivity index (χ3v) is 4.14. The van der Waals surface area contributed by atoms with Crippen LogP contribution >= 0.6 is 11.6 Å². The van der Waals surface area contributed by atoms with Gasteiger partial charge in [-0.25, -0.2) is 9.78 Å². The number of carbonyl (C=O) groups is 1. The minimum absolute atomic E-state index is 0.119. The molecule has 1 fully saturated rings. The monoisotopic (exact) mass is 334 g/mol. The van der Waals surface area contributed by atoms with E-state index in [1.165, 1.54) is 6.33 Å². The highest BCUT2D eigenvalue weighted by Crippen LogP contribution is 2.23. The average molecular weight is 335 g/mol. The van der Waals surface area contributed by atoms with Gasteiger partial charge >= 0.3 is 6.03 Å². The van der Waals surface area contributed by atoms with Crippen LogP contribution in [0.5, 0.6) is 0 Å². The Kier molecular flexibility index (Phi) is 4.66. The van der Waals surface area contributed by atoms with Gasteiger partial charge in [-0.15, -0.1) is 0 Å². The minimum atomic E-state index is -0.189. The molecular formula is C15H19ClN6O. The number of rotatable bonds is 4. The Morgan fingerprint density at radius 2 is 2.35 bits per heavy atom. The molecule has 1 aromatic carbocycles. The zero-order valence-electron chi connectivity index (χ0n) is 12.9. The molecule has 122 valence electrons. The SMILES string of the molecule is Cn1ncnc1CNC(=O)N[C@H]1CCN(c2cccc(Cl)c2)C1. The molecule has 0 bridgehead atoms. The first-order chi connectivity index (χ1) is 11.1. The maximum Gasteiger partial charge on any atom is 0.315 e. The molecule has 1 aromatic heterocycles. The van der Waals surface area contributed by atoms with Gasteiger partial charge in [-0.3, -0.25) is 4.68 Å². The lowest BCUT2D eigenvalue weighted by Crippen LogP contribution is -2.43. The second-order valence-electron chi connectivity index (χ2n) is 5.54. The lowest BCUT2D eigenvalue weighted by atomic mass is 10.3. The van der Waals surface area contributed by atoms with E-state index in [-0.39, 0.29) is 12.1 Å². The number of amides is 2. The van der Waals surface area contributed by atoms with E-state index in [9.17, 15) is 4.79 Å². The Balaban J connectivity index is 1.48. The number of carbonyl (C=O) groups excluding carboxylic acids is 1. The Labute approximate surface area is 139 Å². The number of anilines is 1. The van der Waals surface area contributed by atoms with E-state index in [2.05, 4.69) is 25.6 Å². The molecule has 8 heteroatoms. The number of halogens is 1. The predicted octanol–water partition coefficient (Wildman–Crippen LogP) is 1.55. The fraction of sp³-hybridized carbons (Fsp3) is 0.400. The molecule has 1 atom stereocenters. The summed E-state index contributed by atoms with van der Waals surface area (Å²) in [5.41, 5.74) is 1.08. The molecule has 23 heavy (non-hydrogen) atoms. The molecule has 2 heterocycles. The smallest absolute Gasteiger partial charge is 0.315 e. The summed E-state index contributed by atoms with van der Waals surface area (Å²) in [5, 5.41) is 10.5. The van der Waals surface area contributed by atoms with Crippen molar-refractivity contribution in [2.75, 3.05) is 18.0 Å². The highest BCUT2D eigenvalue weighted by atomic mass is 35.5. The van der Waals surface area contributed by atoms with Crippen molar-refractivity contribution in [2.45, 2.75) is 19.0 Å². The number of hydrogen-bond donors (Lipinski definition) is 2. The molecule has 1 saturated heterocycles. The van der Waals surface area contributed by atoms with Gasteiger partial charge in [0.2, 0.25) is 0 Å². The molecule has 3 rings (SSSR count). The Hall–Kier alpha value is -2.28. The van der Waals surface area contributed by atoms with Crippen molar-refractivity contribution in [1.29, 1.82) is 0 Å². The molecule has 2 N–H and O–H groups in total. The summed E-state index contributed by atoms with van der Waals surface area (Å²) in [6.45, 7) is 2.03. The Morgan fingerprint density at radius 3 is 3.09 bits per heavy atom. The first-order valence-electron chi connectivity index (χ1n) is 7.49. The van der Waals surface area contributed by atoms with Crippen molar-refractivity contribution in [1.82, 2.24) is 25.4 Å². The van der Waals surface area contributed by atoms with E-state index < -0.39 is 0 Å². The molecule has 0 saturated carbocycles. The zero-order chi connectivity index (χ0) is 16.2. The number of nitrogens with zero attached hydrogens (tertiary/aromatic N) is 4. The molecule has 1 aliphatic rings. The second-order valence-corrected chi connectivity index (χ2v) is 5.97. The standard InChI is InChI=1S/C15H19ClN6O/c1-21-14(18-10-19-21)8-17-15(23)20-12-5-6-22(9-12)13-4-2-3-11(16)7-13/h2-4,7,10,12H,5-6,8-9H2,1H3,(H2,17,20,23)/t12-/m0/s1. The van der Waals surface area contributed by atoms with Crippen LogP contribution in [0.4, 0.5) is 10.5 Å². The van der Waals surface area contributed by atoms with Crippen LogP contribution in [-0.4, -0.2) is 39.9 Å². The maximum absolute atomic E-state index is 12.0. The van der Waals surface area contributed by atoms with Crippen LogP contribution < -0.4 is 15.5 Å². The van der Waals surface area contributed by atoms with Crippen molar-refractivity contribution in [3.05, 3.63) is 41.4 Å². The van der Waals surface area contributed by atoms with Gasteiger partial charge in [0, 0.05) is 36.9 Å². The summed E-state index contributed by atoms with van der Waals surface area (Å²) in [5.74, 6) is 0.715. The number of aromatic nitrogens is 3. The van der Waals surface area contributed by atoms with Crippen LogP contribution in [0.2, 0.25) is 5.02 Å². The molecule has 0 spiro atoms. The number of urea groups is 1. The van der Waals surface area contributed by atoms with Gasteiger partial charge in [0.25, 0.3) is 0 Å². The summed E-state index contributed by atoms with van der Waals surface area (Å²) in [6.07, 6.45) is 2.37. The maximum atomic E-state index is 12.0. The number of nitrogens with one attached hydrogen (secondary N) is 2. The first-order valence-corrected chi connectivity index (χ1v) is 7.87. The van der Waals surface area contributed by atoms with Crippen LogP contribution in [0.3, 0.4) is 0 Å².